The van der Waals surface area contributed by atoms with E-state index in [4.69, 9.17) is 10.5 Å². The van der Waals surface area contributed by atoms with E-state index in [1.807, 2.05) is 6.92 Å². The van der Waals surface area contributed by atoms with Crippen molar-refractivity contribution in [2.45, 2.75) is 24.7 Å². The minimum Gasteiger partial charge on any atom is -0.496 e. The summed E-state index contributed by atoms with van der Waals surface area (Å²) in [7, 11) is -2.24. The second-order valence-corrected chi connectivity index (χ2v) is 5.74. The van der Waals surface area contributed by atoms with Crippen molar-refractivity contribution in [3.8, 4) is 5.75 Å². The van der Waals surface area contributed by atoms with Crippen molar-refractivity contribution >= 4 is 15.9 Å². The quantitative estimate of drug-likeness (QED) is 0.727. The summed E-state index contributed by atoms with van der Waals surface area (Å²) in [6.45, 7) is 2.32. The van der Waals surface area contributed by atoms with Crippen LogP contribution < -0.4 is 15.2 Å². The summed E-state index contributed by atoms with van der Waals surface area (Å²) in [5.74, 6) is -0.484. The second kappa shape index (κ2) is 6.53. The van der Waals surface area contributed by atoms with Gasteiger partial charge in [-0.3, -0.25) is 4.79 Å². The minimum atomic E-state index is -3.63. The number of hydrogen-bond acceptors (Lipinski definition) is 4. The van der Waals surface area contributed by atoms with Crippen LogP contribution in [-0.2, 0) is 10.0 Å². The van der Waals surface area contributed by atoms with Crippen LogP contribution in [0.15, 0.2) is 23.1 Å². The van der Waals surface area contributed by atoms with Crippen molar-refractivity contribution in [1.29, 1.82) is 0 Å². The van der Waals surface area contributed by atoms with Crippen LogP contribution in [0.5, 0.6) is 5.75 Å². The first-order chi connectivity index (χ1) is 8.92. The SMILES string of the molecule is CCCCNS(=O)(=O)c1ccc(OC)c(C(N)=O)c1. The maximum absolute atomic E-state index is 12.0. The van der Waals surface area contributed by atoms with Crippen molar-refractivity contribution < 1.29 is 17.9 Å². The highest BCUT2D eigenvalue weighted by Crippen LogP contribution is 2.21. The molecule has 0 aliphatic heterocycles. The lowest BCUT2D eigenvalue weighted by molar-refractivity contribution is 0.0997. The number of nitrogens with two attached hydrogens (primary N) is 1. The smallest absolute Gasteiger partial charge is 0.252 e. The Bertz CT molecular complexity index is 555. The molecule has 1 aromatic rings. The first-order valence-corrected chi connectivity index (χ1v) is 7.38. The van der Waals surface area contributed by atoms with Gasteiger partial charge >= 0.3 is 0 Å². The Hall–Kier alpha value is -1.60. The largest absolute Gasteiger partial charge is 0.496 e. The first-order valence-electron chi connectivity index (χ1n) is 5.90. The molecule has 0 saturated heterocycles. The number of sulfonamides is 1. The molecule has 0 aromatic heterocycles. The van der Waals surface area contributed by atoms with E-state index >= 15 is 0 Å². The van der Waals surface area contributed by atoms with E-state index in [0.29, 0.717) is 6.54 Å². The lowest BCUT2D eigenvalue weighted by atomic mass is 10.2. The Morgan fingerprint density at radius 1 is 1.42 bits per heavy atom. The normalized spacial score (nSPS) is 11.3. The molecule has 1 amide bonds. The van der Waals surface area contributed by atoms with Crippen LogP contribution in [0.4, 0.5) is 0 Å². The van der Waals surface area contributed by atoms with Gasteiger partial charge in [0, 0.05) is 6.54 Å². The fourth-order valence-electron chi connectivity index (χ4n) is 1.51. The first kappa shape index (κ1) is 15.5. The summed E-state index contributed by atoms with van der Waals surface area (Å²) >= 11 is 0. The molecular formula is C12H18N2O4S. The number of methoxy groups -OCH3 is 1. The van der Waals surface area contributed by atoms with Crippen LogP contribution in [0.25, 0.3) is 0 Å². The van der Waals surface area contributed by atoms with Gasteiger partial charge in [-0.2, -0.15) is 0 Å². The Balaban J connectivity index is 3.07. The van der Waals surface area contributed by atoms with Gasteiger partial charge in [-0.1, -0.05) is 13.3 Å². The van der Waals surface area contributed by atoms with E-state index in [0.717, 1.165) is 12.8 Å². The van der Waals surface area contributed by atoms with Gasteiger partial charge in [0.05, 0.1) is 17.6 Å². The summed E-state index contributed by atoms with van der Waals surface area (Å²) in [5, 5.41) is 0. The van der Waals surface area contributed by atoms with E-state index in [1.54, 1.807) is 0 Å². The molecule has 19 heavy (non-hydrogen) atoms. The summed E-state index contributed by atoms with van der Waals surface area (Å²) in [4.78, 5) is 11.2. The molecule has 0 aliphatic carbocycles. The molecule has 0 saturated carbocycles. The zero-order valence-corrected chi connectivity index (χ0v) is 11.8. The van der Waals surface area contributed by atoms with Gasteiger partial charge in [-0.25, -0.2) is 13.1 Å². The molecule has 1 aromatic carbocycles. The van der Waals surface area contributed by atoms with Crippen LogP contribution in [-0.4, -0.2) is 28.0 Å². The van der Waals surface area contributed by atoms with Gasteiger partial charge in [-0.05, 0) is 24.6 Å². The summed E-state index contributed by atoms with van der Waals surface area (Å²) in [6.07, 6.45) is 1.63. The maximum Gasteiger partial charge on any atom is 0.252 e. The molecule has 0 unspecified atom stereocenters. The average molecular weight is 286 g/mol. The van der Waals surface area contributed by atoms with E-state index in [-0.39, 0.29) is 16.2 Å². The number of nitrogens with one attached hydrogen (secondary N) is 1. The number of primary amides is 1. The lowest BCUT2D eigenvalue weighted by Crippen LogP contribution is -2.25. The Labute approximate surface area is 113 Å². The Morgan fingerprint density at radius 2 is 2.11 bits per heavy atom. The number of carbonyl (C=O) groups is 1. The Kier molecular flexibility index (Phi) is 5.31. The van der Waals surface area contributed by atoms with Crippen LogP contribution in [0.2, 0.25) is 0 Å². The zero-order chi connectivity index (χ0) is 14.5. The predicted molar refractivity (Wildman–Crippen MR) is 71.6 cm³/mol. The number of hydrogen-bond donors (Lipinski definition) is 2. The predicted octanol–water partition coefficient (Wildman–Crippen LogP) is 0.873. The van der Waals surface area contributed by atoms with Crippen molar-refractivity contribution in [3.63, 3.8) is 0 Å². The van der Waals surface area contributed by atoms with Crippen molar-refractivity contribution in [2.75, 3.05) is 13.7 Å². The zero-order valence-electron chi connectivity index (χ0n) is 11.0. The fourth-order valence-corrected chi connectivity index (χ4v) is 2.61. The fraction of sp³-hybridized carbons (Fsp3) is 0.417. The lowest BCUT2D eigenvalue weighted by Gasteiger charge is -2.10. The monoisotopic (exact) mass is 286 g/mol. The van der Waals surface area contributed by atoms with Gasteiger partial charge in [0.25, 0.3) is 5.91 Å². The minimum absolute atomic E-state index is 0.00166. The standard InChI is InChI=1S/C12H18N2O4S/c1-3-4-7-14-19(16,17)9-5-6-11(18-2)10(8-9)12(13)15/h5-6,8,14H,3-4,7H2,1-2H3,(H2,13,15). The third-order valence-electron chi connectivity index (χ3n) is 2.57. The number of rotatable bonds is 7. The van der Waals surface area contributed by atoms with Crippen molar-refractivity contribution in [3.05, 3.63) is 23.8 Å². The van der Waals surface area contributed by atoms with Crippen LogP contribution in [0, 0.1) is 0 Å². The van der Waals surface area contributed by atoms with Gasteiger partial charge < -0.3 is 10.5 Å². The van der Waals surface area contributed by atoms with Gasteiger partial charge in [0.2, 0.25) is 10.0 Å². The van der Waals surface area contributed by atoms with Gasteiger partial charge in [0.1, 0.15) is 5.75 Å². The summed E-state index contributed by atoms with van der Waals surface area (Å²) in [6, 6.07) is 4.00. The molecule has 6 nitrogen and oxygen atoms in total. The van der Waals surface area contributed by atoms with Crippen molar-refractivity contribution in [2.24, 2.45) is 5.73 Å². The Morgan fingerprint density at radius 3 is 2.63 bits per heavy atom. The summed E-state index contributed by atoms with van der Waals surface area (Å²) < 4.78 is 31.4. The molecule has 3 N–H and O–H groups in total. The van der Waals surface area contributed by atoms with Crippen LogP contribution in [0.1, 0.15) is 30.1 Å². The van der Waals surface area contributed by atoms with E-state index in [9.17, 15) is 13.2 Å². The number of amides is 1. The molecule has 0 bridgehead atoms. The molecule has 0 aliphatic rings. The van der Waals surface area contributed by atoms with Crippen LogP contribution in [0.3, 0.4) is 0 Å². The number of benzene rings is 1. The maximum atomic E-state index is 12.0. The van der Waals surface area contributed by atoms with Gasteiger partial charge in [-0.15, -0.1) is 0 Å². The highest BCUT2D eigenvalue weighted by atomic mass is 32.2. The summed E-state index contributed by atoms with van der Waals surface area (Å²) in [5.41, 5.74) is 5.23. The number of carbonyl (C=O) groups excluding carboxylic acids is 1. The molecule has 7 heteroatoms. The van der Waals surface area contributed by atoms with E-state index in [1.165, 1.54) is 25.3 Å². The molecule has 1 rings (SSSR count). The van der Waals surface area contributed by atoms with Crippen LogP contribution >= 0.6 is 0 Å². The molecule has 106 valence electrons. The van der Waals surface area contributed by atoms with E-state index < -0.39 is 15.9 Å². The molecule has 0 atom stereocenters. The highest BCUT2D eigenvalue weighted by molar-refractivity contribution is 7.89. The molecule has 0 radical (unpaired) electrons. The van der Waals surface area contributed by atoms with E-state index in [2.05, 4.69) is 4.72 Å². The molecule has 0 heterocycles. The van der Waals surface area contributed by atoms with Gasteiger partial charge in [0.15, 0.2) is 0 Å². The average Bonchev–Trinajstić information content (AvgIpc) is 2.38. The second-order valence-electron chi connectivity index (χ2n) is 3.98. The third-order valence-corrected chi connectivity index (χ3v) is 4.03. The molecule has 0 fully saturated rings. The highest BCUT2D eigenvalue weighted by Gasteiger charge is 2.17. The number of ether oxygens (including phenoxy) is 1. The molecular weight excluding hydrogens is 268 g/mol. The third kappa shape index (κ3) is 3.93. The number of unbranched alkanes of at least 4 members (excludes halogenated alkanes) is 1. The molecule has 0 spiro atoms. The van der Waals surface area contributed by atoms with Crippen molar-refractivity contribution in [1.82, 2.24) is 4.72 Å². The topological polar surface area (TPSA) is 98.5 Å².